The lowest BCUT2D eigenvalue weighted by atomic mass is 10.2. The predicted molar refractivity (Wildman–Crippen MR) is 93.2 cm³/mol. The van der Waals surface area contributed by atoms with Crippen LogP contribution in [-0.4, -0.2) is 23.0 Å². The molecule has 0 bridgehead atoms. The van der Waals surface area contributed by atoms with E-state index in [-0.39, 0.29) is 12.0 Å². The van der Waals surface area contributed by atoms with Crippen molar-refractivity contribution in [3.8, 4) is 5.88 Å². The number of anilines is 2. The molecule has 2 rings (SSSR count). The van der Waals surface area contributed by atoms with Gasteiger partial charge in [0.25, 0.3) is 0 Å². The second-order valence-corrected chi connectivity index (χ2v) is 5.79. The van der Waals surface area contributed by atoms with E-state index in [9.17, 15) is 4.79 Å². The van der Waals surface area contributed by atoms with E-state index in [2.05, 4.69) is 15.6 Å². The summed E-state index contributed by atoms with van der Waals surface area (Å²) in [6.07, 6.45) is 1.71. The molecular formula is C17H20ClN3O2. The Bertz CT molecular complexity index is 659. The summed E-state index contributed by atoms with van der Waals surface area (Å²) in [6, 6.07) is 10.3. The number of nitrogens with zero attached hydrogens (tertiary/aromatic N) is 1. The maximum Gasteiger partial charge on any atom is 0.246 e. The minimum atomic E-state index is -0.440. The number of carbonyl (C=O) groups excluding carboxylic acids is 1. The molecule has 1 aromatic heterocycles. The molecule has 0 aliphatic carbocycles. The number of nitrogens with one attached hydrogen (secondary N) is 2. The monoisotopic (exact) mass is 333 g/mol. The van der Waals surface area contributed by atoms with Gasteiger partial charge >= 0.3 is 0 Å². The summed E-state index contributed by atoms with van der Waals surface area (Å²) in [7, 11) is 0. The quantitative estimate of drug-likeness (QED) is 0.839. The summed E-state index contributed by atoms with van der Waals surface area (Å²) in [6.45, 7) is 5.65. The third-order valence-corrected chi connectivity index (χ3v) is 3.33. The maximum absolute atomic E-state index is 12.2. The molecule has 0 aliphatic heterocycles. The van der Waals surface area contributed by atoms with E-state index in [0.717, 1.165) is 5.69 Å². The van der Waals surface area contributed by atoms with Gasteiger partial charge in [-0.25, -0.2) is 4.98 Å². The van der Waals surface area contributed by atoms with Crippen molar-refractivity contribution in [1.29, 1.82) is 0 Å². The maximum atomic E-state index is 12.2. The highest BCUT2D eigenvalue weighted by Gasteiger charge is 2.14. The van der Waals surface area contributed by atoms with Gasteiger partial charge in [-0.15, -0.1) is 0 Å². The molecule has 6 heteroatoms. The third-order valence-electron chi connectivity index (χ3n) is 3.00. The molecular weight excluding hydrogens is 314 g/mol. The van der Waals surface area contributed by atoms with E-state index in [1.54, 1.807) is 31.3 Å². The lowest BCUT2D eigenvalue weighted by molar-refractivity contribution is -0.116. The molecule has 0 fully saturated rings. The van der Waals surface area contributed by atoms with E-state index < -0.39 is 6.04 Å². The van der Waals surface area contributed by atoms with Gasteiger partial charge in [0, 0.05) is 6.07 Å². The minimum Gasteiger partial charge on any atom is -0.475 e. The predicted octanol–water partition coefficient (Wildman–Crippen LogP) is 3.96. The summed E-state index contributed by atoms with van der Waals surface area (Å²) < 4.78 is 5.48. The van der Waals surface area contributed by atoms with Gasteiger partial charge < -0.3 is 15.4 Å². The standard InChI is InChI=1S/C17H20ClN3O2/c1-11(2)23-16-9-8-13(10-19-16)20-12(3)17(22)21-15-7-5-4-6-14(15)18/h4-12,20H,1-3H3,(H,21,22). The molecule has 0 saturated carbocycles. The fraction of sp³-hybridized carbons (Fsp3) is 0.294. The van der Waals surface area contributed by atoms with Crippen molar-refractivity contribution in [2.45, 2.75) is 32.9 Å². The normalized spacial score (nSPS) is 11.9. The zero-order valence-corrected chi connectivity index (χ0v) is 14.1. The molecule has 5 nitrogen and oxygen atoms in total. The average Bonchev–Trinajstić information content (AvgIpc) is 2.51. The Morgan fingerprint density at radius 3 is 2.52 bits per heavy atom. The number of hydrogen-bond donors (Lipinski definition) is 2. The Morgan fingerprint density at radius 1 is 1.17 bits per heavy atom. The molecule has 1 heterocycles. The van der Waals surface area contributed by atoms with Gasteiger partial charge in [-0.3, -0.25) is 4.79 Å². The number of amides is 1. The van der Waals surface area contributed by atoms with Crippen LogP contribution < -0.4 is 15.4 Å². The zero-order valence-electron chi connectivity index (χ0n) is 13.3. The fourth-order valence-corrected chi connectivity index (χ4v) is 2.08. The summed E-state index contributed by atoms with van der Waals surface area (Å²) in [5.74, 6) is 0.374. The molecule has 23 heavy (non-hydrogen) atoms. The lowest BCUT2D eigenvalue weighted by Gasteiger charge is -2.16. The second-order valence-electron chi connectivity index (χ2n) is 5.39. The third kappa shape index (κ3) is 5.14. The number of halogens is 1. The van der Waals surface area contributed by atoms with Crippen LogP contribution in [0, 0.1) is 0 Å². The summed E-state index contributed by atoms with van der Waals surface area (Å²) in [5.41, 5.74) is 1.33. The van der Waals surface area contributed by atoms with Crippen LogP contribution in [-0.2, 0) is 4.79 Å². The molecule has 1 aromatic carbocycles. The Hall–Kier alpha value is -2.27. The van der Waals surface area contributed by atoms with E-state index in [0.29, 0.717) is 16.6 Å². The molecule has 2 aromatic rings. The van der Waals surface area contributed by atoms with Crippen molar-refractivity contribution in [2.24, 2.45) is 0 Å². The Kier molecular flexibility index (Phi) is 5.82. The molecule has 1 unspecified atom stereocenters. The minimum absolute atomic E-state index is 0.0710. The SMILES string of the molecule is CC(C)Oc1ccc(NC(C)C(=O)Nc2ccccc2Cl)cn1. The smallest absolute Gasteiger partial charge is 0.246 e. The van der Waals surface area contributed by atoms with Crippen molar-refractivity contribution in [3.63, 3.8) is 0 Å². The second kappa shape index (κ2) is 7.83. The highest BCUT2D eigenvalue weighted by molar-refractivity contribution is 6.33. The van der Waals surface area contributed by atoms with Gasteiger partial charge in [-0.1, -0.05) is 23.7 Å². The molecule has 0 saturated heterocycles. The van der Waals surface area contributed by atoms with Gasteiger partial charge in [0.15, 0.2) is 0 Å². The van der Waals surface area contributed by atoms with Crippen LogP contribution in [0.25, 0.3) is 0 Å². The van der Waals surface area contributed by atoms with Crippen LogP contribution in [0.4, 0.5) is 11.4 Å². The van der Waals surface area contributed by atoms with Gasteiger partial charge in [0.05, 0.1) is 28.7 Å². The summed E-state index contributed by atoms with van der Waals surface area (Å²) >= 11 is 6.03. The number of carbonyl (C=O) groups is 1. The first-order valence-electron chi connectivity index (χ1n) is 7.40. The van der Waals surface area contributed by atoms with Crippen molar-refractivity contribution >= 4 is 28.9 Å². The van der Waals surface area contributed by atoms with Gasteiger partial charge in [-0.2, -0.15) is 0 Å². The molecule has 122 valence electrons. The number of hydrogen-bond acceptors (Lipinski definition) is 4. The summed E-state index contributed by atoms with van der Waals surface area (Å²) in [4.78, 5) is 16.4. The Morgan fingerprint density at radius 2 is 1.91 bits per heavy atom. The zero-order chi connectivity index (χ0) is 16.8. The number of para-hydroxylation sites is 1. The van der Waals surface area contributed by atoms with Crippen LogP contribution in [0.5, 0.6) is 5.88 Å². The molecule has 1 amide bonds. The largest absolute Gasteiger partial charge is 0.475 e. The first-order valence-corrected chi connectivity index (χ1v) is 7.78. The van der Waals surface area contributed by atoms with Crippen molar-refractivity contribution in [1.82, 2.24) is 4.98 Å². The van der Waals surface area contributed by atoms with Crippen molar-refractivity contribution in [3.05, 3.63) is 47.6 Å². The molecule has 0 radical (unpaired) electrons. The lowest BCUT2D eigenvalue weighted by Crippen LogP contribution is -2.32. The number of ether oxygens (including phenoxy) is 1. The van der Waals surface area contributed by atoms with Crippen LogP contribution >= 0.6 is 11.6 Å². The van der Waals surface area contributed by atoms with Crippen LogP contribution in [0.1, 0.15) is 20.8 Å². The molecule has 0 aliphatic rings. The van der Waals surface area contributed by atoms with E-state index >= 15 is 0 Å². The molecule has 1 atom stereocenters. The van der Waals surface area contributed by atoms with E-state index in [4.69, 9.17) is 16.3 Å². The van der Waals surface area contributed by atoms with Crippen LogP contribution in [0.3, 0.4) is 0 Å². The highest BCUT2D eigenvalue weighted by atomic mass is 35.5. The van der Waals surface area contributed by atoms with Gasteiger partial charge in [0.1, 0.15) is 6.04 Å². The first-order chi connectivity index (χ1) is 11.0. The van der Waals surface area contributed by atoms with Gasteiger partial charge in [-0.05, 0) is 39.0 Å². The Balaban J connectivity index is 1.94. The van der Waals surface area contributed by atoms with Gasteiger partial charge in [0.2, 0.25) is 11.8 Å². The van der Waals surface area contributed by atoms with E-state index in [1.807, 2.05) is 32.0 Å². The van der Waals surface area contributed by atoms with Crippen molar-refractivity contribution in [2.75, 3.05) is 10.6 Å². The number of rotatable bonds is 6. The van der Waals surface area contributed by atoms with E-state index in [1.165, 1.54) is 0 Å². The number of aromatic nitrogens is 1. The molecule has 2 N–H and O–H groups in total. The highest BCUT2D eigenvalue weighted by Crippen LogP contribution is 2.21. The molecule has 0 spiro atoms. The average molecular weight is 334 g/mol. The van der Waals surface area contributed by atoms with Crippen LogP contribution in [0.15, 0.2) is 42.6 Å². The summed E-state index contributed by atoms with van der Waals surface area (Å²) in [5, 5.41) is 6.38. The Labute approximate surface area is 141 Å². The van der Waals surface area contributed by atoms with Crippen LogP contribution in [0.2, 0.25) is 5.02 Å². The van der Waals surface area contributed by atoms with Crippen molar-refractivity contribution < 1.29 is 9.53 Å². The fourth-order valence-electron chi connectivity index (χ4n) is 1.90. The topological polar surface area (TPSA) is 63.2 Å². The first kappa shape index (κ1) is 17.1. The number of benzene rings is 1. The number of pyridine rings is 1.